The van der Waals surface area contributed by atoms with Crippen molar-refractivity contribution in [3.05, 3.63) is 29.8 Å². The molecule has 2 aliphatic heterocycles. The smallest absolute Gasteiger partial charge is 0.255 e. The van der Waals surface area contributed by atoms with Crippen LogP contribution in [0.5, 0.6) is 5.75 Å². The van der Waals surface area contributed by atoms with Crippen molar-refractivity contribution in [2.24, 2.45) is 0 Å². The van der Waals surface area contributed by atoms with Gasteiger partial charge in [0.25, 0.3) is 5.91 Å². The minimum absolute atomic E-state index is 0.0946. The average molecular weight is 475 g/mol. The minimum atomic E-state index is -0.161. The van der Waals surface area contributed by atoms with Gasteiger partial charge in [-0.2, -0.15) is 0 Å². The van der Waals surface area contributed by atoms with Gasteiger partial charge in [0.15, 0.2) is 0 Å². The maximum atomic E-state index is 13.2. The van der Waals surface area contributed by atoms with E-state index in [0.717, 1.165) is 56.8 Å². The largest absolute Gasteiger partial charge is 0.497 e. The Morgan fingerprint density at radius 1 is 0.909 bits per heavy atom. The number of hydrogen-bond donors (Lipinski definition) is 0. The zero-order valence-electron chi connectivity index (χ0n) is 20.7. The van der Waals surface area contributed by atoms with E-state index in [0.29, 0.717) is 17.9 Å². The first-order chi connectivity index (χ1) is 16.1. The molecule has 5 nitrogen and oxygen atoms in total. The summed E-state index contributed by atoms with van der Waals surface area (Å²) in [7, 11) is 1.63. The van der Waals surface area contributed by atoms with Crippen LogP contribution in [0.4, 0.5) is 0 Å². The molecule has 2 aliphatic rings. The van der Waals surface area contributed by atoms with E-state index in [2.05, 4.69) is 11.8 Å². The summed E-state index contributed by atoms with van der Waals surface area (Å²) in [5, 5.41) is 0. The van der Waals surface area contributed by atoms with Crippen molar-refractivity contribution in [2.45, 2.75) is 88.8 Å². The lowest BCUT2D eigenvalue weighted by Gasteiger charge is -2.44. The fraction of sp³-hybridized carbons (Fsp3) is 0.704. The van der Waals surface area contributed by atoms with Crippen LogP contribution < -0.4 is 4.74 Å². The second-order valence-electron chi connectivity index (χ2n) is 9.44. The molecule has 1 aromatic carbocycles. The van der Waals surface area contributed by atoms with Gasteiger partial charge in [-0.25, -0.2) is 0 Å². The zero-order chi connectivity index (χ0) is 23.5. The van der Waals surface area contributed by atoms with Crippen LogP contribution in [0, 0.1) is 0 Å². The Bertz CT molecular complexity index is 744. The van der Waals surface area contributed by atoms with Crippen molar-refractivity contribution in [3.63, 3.8) is 0 Å². The number of likely N-dealkylation sites (tertiary alicyclic amines) is 1. The van der Waals surface area contributed by atoms with Crippen LogP contribution in [-0.4, -0.2) is 59.0 Å². The monoisotopic (exact) mass is 474 g/mol. The maximum Gasteiger partial charge on any atom is 0.255 e. The van der Waals surface area contributed by atoms with Crippen LogP contribution in [0.3, 0.4) is 0 Å². The molecule has 0 unspecified atom stereocenters. The molecular formula is C27H42N2O3S. The number of carbonyl (C=O) groups is 2. The molecule has 1 spiro atoms. The lowest BCUT2D eigenvalue weighted by molar-refractivity contribution is -0.132. The van der Waals surface area contributed by atoms with Crippen molar-refractivity contribution in [2.75, 3.05) is 32.5 Å². The second-order valence-corrected chi connectivity index (χ2v) is 10.9. The standard InChI is InChI=1S/C27H42N2O3S/c1-3-4-5-6-7-8-9-10-11-12-25(30)28-19-17-27(18-20-28)29(21-22-33-27)26(31)23-13-15-24(32-2)16-14-23/h13-16H,3-12,17-22H2,1-2H3. The highest BCUT2D eigenvalue weighted by Crippen LogP contribution is 2.44. The number of ether oxygens (including phenoxy) is 1. The fourth-order valence-corrected chi connectivity index (χ4v) is 6.50. The molecule has 0 aliphatic carbocycles. The number of rotatable bonds is 12. The lowest BCUT2D eigenvalue weighted by atomic mass is 10.00. The number of hydrogen-bond acceptors (Lipinski definition) is 4. The quantitative estimate of drug-likeness (QED) is 0.342. The van der Waals surface area contributed by atoms with Gasteiger partial charge >= 0.3 is 0 Å². The van der Waals surface area contributed by atoms with Gasteiger partial charge in [0.1, 0.15) is 5.75 Å². The number of thioether (sulfide) groups is 1. The Hall–Kier alpha value is -1.69. The molecule has 0 atom stereocenters. The molecular weight excluding hydrogens is 432 g/mol. The van der Waals surface area contributed by atoms with Gasteiger partial charge in [0.05, 0.1) is 12.0 Å². The summed E-state index contributed by atoms with van der Waals surface area (Å²) < 4.78 is 5.22. The fourth-order valence-electron chi connectivity index (χ4n) is 5.05. The van der Waals surface area contributed by atoms with E-state index in [9.17, 15) is 9.59 Å². The summed E-state index contributed by atoms with van der Waals surface area (Å²) in [5.74, 6) is 2.12. The Balaban J connectivity index is 1.39. The Morgan fingerprint density at radius 3 is 2.12 bits per heavy atom. The molecule has 2 fully saturated rings. The van der Waals surface area contributed by atoms with Gasteiger partial charge in [0, 0.05) is 37.4 Å². The van der Waals surface area contributed by atoms with E-state index in [-0.39, 0.29) is 10.8 Å². The molecule has 6 heteroatoms. The van der Waals surface area contributed by atoms with Gasteiger partial charge in [-0.3, -0.25) is 9.59 Å². The molecule has 184 valence electrons. The van der Waals surface area contributed by atoms with E-state index >= 15 is 0 Å². The summed E-state index contributed by atoms with van der Waals surface area (Å²) >= 11 is 1.89. The van der Waals surface area contributed by atoms with Crippen molar-refractivity contribution in [1.82, 2.24) is 9.80 Å². The third kappa shape index (κ3) is 7.14. The highest BCUT2D eigenvalue weighted by molar-refractivity contribution is 8.00. The zero-order valence-corrected chi connectivity index (χ0v) is 21.5. The molecule has 33 heavy (non-hydrogen) atoms. The van der Waals surface area contributed by atoms with Crippen LogP contribution in [0.15, 0.2) is 24.3 Å². The summed E-state index contributed by atoms with van der Waals surface area (Å²) in [6.45, 7) is 4.55. The molecule has 2 heterocycles. The topological polar surface area (TPSA) is 49.9 Å². The van der Waals surface area contributed by atoms with Crippen molar-refractivity contribution < 1.29 is 14.3 Å². The maximum absolute atomic E-state index is 13.2. The third-order valence-electron chi connectivity index (χ3n) is 7.15. The SMILES string of the molecule is CCCCCCCCCCCC(=O)N1CCC2(CC1)SCCN2C(=O)c1ccc(OC)cc1. The molecule has 2 saturated heterocycles. The van der Waals surface area contributed by atoms with Crippen LogP contribution in [0.1, 0.15) is 94.3 Å². The van der Waals surface area contributed by atoms with Crippen LogP contribution in [-0.2, 0) is 4.79 Å². The first-order valence-electron chi connectivity index (χ1n) is 13.0. The molecule has 3 rings (SSSR count). The van der Waals surface area contributed by atoms with E-state index < -0.39 is 0 Å². The third-order valence-corrected chi connectivity index (χ3v) is 8.70. The summed E-state index contributed by atoms with van der Waals surface area (Å²) in [6, 6.07) is 7.39. The van der Waals surface area contributed by atoms with Gasteiger partial charge in [0.2, 0.25) is 5.91 Å². The number of carbonyl (C=O) groups excluding carboxylic acids is 2. The molecule has 0 radical (unpaired) electrons. The number of nitrogens with zero attached hydrogens (tertiary/aromatic N) is 2. The first kappa shape index (κ1) is 25.9. The normalized spacial score (nSPS) is 17.5. The number of unbranched alkanes of at least 4 members (excludes halogenated alkanes) is 8. The predicted octanol–water partition coefficient (Wildman–Crippen LogP) is 6.12. The van der Waals surface area contributed by atoms with E-state index in [4.69, 9.17) is 4.74 Å². The lowest BCUT2D eigenvalue weighted by Crippen LogP contribution is -2.53. The summed E-state index contributed by atoms with van der Waals surface area (Å²) in [6.07, 6.45) is 13.9. The highest BCUT2D eigenvalue weighted by atomic mass is 32.2. The van der Waals surface area contributed by atoms with Crippen molar-refractivity contribution in [3.8, 4) is 5.75 Å². The van der Waals surface area contributed by atoms with E-state index in [1.165, 1.54) is 44.9 Å². The van der Waals surface area contributed by atoms with Crippen LogP contribution >= 0.6 is 11.8 Å². The molecule has 2 amide bonds. The minimum Gasteiger partial charge on any atom is -0.497 e. The predicted molar refractivity (Wildman–Crippen MR) is 137 cm³/mol. The molecule has 0 saturated carbocycles. The highest BCUT2D eigenvalue weighted by Gasteiger charge is 2.46. The second kappa shape index (κ2) is 13.3. The van der Waals surface area contributed by atoms with Gasteiger partial charge in [-0.15, -0.1) is 11.8 Å². The number of methoxy groups -OCH3 is 1. The summed E-state index contributed by atoms with van der Waals surface area (Å²) in [4.78, 5) is 29.9. The van der Waals surface area contributed by atoms with Gasteiger partial charge < -0.3 is 14.5 Å². The van der Waals surface area contributed by atoms with Crippen molar-refractivity contribution in [1.29, 1.82) is 0 Å². The Kier molecular flexibility index (Phi) is 10.4. The average Bonchev–Trinajstić information content (AvgIpc) is 3.25. The van der Waals surface area contributed by atoms with Crippen molar-refractivity contribution >= 4 is 23.6 Å². The van der Waals surface area contributed by atoms with Crippen LogP contribution in [0.2, 0.25) is 0 Å². The Morgan fingerprint density at radius 2 is 1.52 bits per heavy atom. The number of piperidine rings is 1. The summed E-state index contributed by atoms with van der Waals surface area (Å²) in [5.41, 5.74) is 0.710. The van der Waals surface area contributed by atoms with E-state index in [1.54, 1.807) is 7.11 Å². The first-order valence-corrected chi connectivity index (χ1v) is 14.0. The number of benzene rings is 1. The molecule has 1 aromatic rings. The van der Waals surface area contributed by atoms with Gasteiger partial charge in [-0.1, -0.05) is 58.3 Å². The molecule has 0 aromatic heterocycles. The molecule has 0 bridgehead atoms. The van der Waals surface area contributed by atoms with E-state index in [1.807, 2.05) is 40.9 Å². The van der Waals surface area contributed by atoms with Gasteiger partial charge in [-0.05, 0) is 43.5 Å². The van der Waals surface area contributed by atoms with Crippen LogP contribution in [0.25, 0.3) is 0 Å². The molecule has 0 N–H and O–H groups in total. The Labute approximate surface area is 204 Å². The number of amides is 2.